The number of amides is 1. The highest BCUT2D eigenvalue weighted by Crippen LogP contribution is 2.30. The van der Waals surface area contributed by atoms with Crippen LogP contribution in [0, 0.1) is 11.7 Å². The number of hydroxylamine groups is 2. The average molecular weight is 479 g/mol. The summed E-state index contributed by atoms with van der Waals surface area (Å²) >= 11 is 0. The standard InChI is InChI=1S/C28H31FN2O4/c1-19(32)7-11-22-5-3-4-6-25(22)23-14-24(16-30-15-23)28(33)31(35-18-20-8-9-20)17-21-10-12-27(34-2)26(29)13-21/h3-6,10,12-16,19-20,32H,7-9,11,17-18H2,1-2H3/t19-/m0/s1. The fraction of sp³-hybridized carbons (Fsp3) is 0.357. The van der Waals surface area contributed by atoms with Gasteiger partial charge in [0, 0.05) is 18.0 Å². The van der Waals surface area contributed by atoms with Crippen molar-refractivity contribution in [3.63, 3.8) is 0 Å². The monoisotopic (exact) mass is 478 g/mol. The summed E-state index contributed by atoms with van der Waals surface area (Å²) in [6.45, 7) is 2.32. The Kier molecular flexibility index (Phi) is 8.10. The summed E-state index contributed by atoms with van der Waals surface area (Å²) in [7, 11) is 1.41. The maximum absolute atomic E-state index is 14.2. The molecule has 1 aromatic heterocycles. The lowest BCUT2D eigenvalue weighted by Crippen LogP contribution is -2.31. The van der Waals surface area contributed by atoms with Gasteiger partial charge in [-0.3, -0.25) is 14.6 Å². The van der Waals surface area contributed by atoms with E-state index in [0.29, 0.717) is 36.5 Å². The SMILES string of the molecule is COc1ccc(CN(OCC2CC2)C(=O)c2cncc(-c3ccccc3CC[C@H](C)O)c2)cc1F. The number of nitrogens with zero attached hydrogens (tertiary/aromatic N) is 2. The van der Waals surface area contributed by atoms with Gasteiger partial charge in [0.2, 0.25) is 0 Å². The summed E-state index contributed by atoms with van der Waals surface area (Å²) in [4.78, 5) is 23.7. The van der Waals surface area contributed by atoms with Crippen LogP contribution in [0.5, 0.6) is 5.75 Å². The lowest BCUT2D eigenvalue weighted by Gasteiger charge is -2.22. The number of methoxy groups -OCH3 is 1. The molecule has 1 aliphatic rings. The van der Waals surface area contributed by atoms with Gasteiger partial charge in [0.15, 0.2) is 11.6 Å². The van der Waals surface area contributed by atoms with E-state index in [-0.39, 0.29) is 18.2 Å². The Hall–Kier alpha value is -3.29. The molecule has 1 atom stereocenters. The molecule has 0 unspecified atom stereocenters. The number of aliphatic hydroxyl groups is 1. The summed E-state index contributed by atoms with van der Waals surface area (Å²) in [5.74, 6) is -0.227. The lowest BCUT2D eigenvalue weighted by molar-refractivity contribution is -0.133. The molecule has 2 aromatic carbocycles. The first kappa shape index (κ1) is 24.8. The van der Waals surface area contributed by atoms with Gasteiger partial charge in [-0.2, -0.15) is 0 Å². The van der Waals surface area contributed by atoms with Crippen LogP contribution in [-0.2, 0) is 17.8 Å². The molecule has 0 saturated heterocycles. The van der Waals surface area contributed by atoms with E-state index in [0.717, 1.165) is 29.5 Å². The molecule has 0 spiro atoms. The third-order valence-corrected chi connectivity index (χ3v) is 6.08. The molecule has 0 radical (unpaired) electrons. The number of hydrogen-bond acceptors (Lipinski definition) is 5. The van der Waals surface area contributed by atoms with Crippen molar-refractivity contribution in [3.8, 4) is 16.9 Å². The Morgan fingerprint density at radius 2 is 2.00 bits per heavy atom. The Morgan fingerprint density at radius 1 is 1.20 bits per heavy atom. The predicted octanol–water partition coefficient (Wildman–Crippen LogP) is 5.19. The zero-order chi connectivity index (χ0) is 24.8. The molecule has 7 heteroatoms. The van der Waals surface area contributed by atoms with Crippen LogP contribution >= 0.6 is 0 Å². The third kappa shape index (κ3) is 6.65. The minimum absolute atomic E-state index is 0.0989. The average Bonchev–Trinajstić information content (AvgIpc) is 3.70. The number of carbonyl (C=O) groups excluding carboxylic acids is 1. The van der Waals surface area contributed by atoms with Gasteiger partial charge in [-0.15, -0.1) is 0 Å². The minimum Gasteiger partial charge on any atom is -0.494 e. The van der Waals surface area contributed by atoms with Crippen LogP contribution in [0.25, 0.3) is 11.1 Å². The van der Waals surface area contributed by atoms with Gasteiger partial charge in [0.05, 0.1) is 31.9 Å². The largest absolute Gasteiger partial charge is 0.494 e. The molecule has 0 bridgehead atoms. The van der Waals surface area contributed by atoms with E-state index in [1.54, 1.807) is 31.3 Å². The molecular weight excluding hydrogens is 447 g/mol. The molecule has 1 N–H and O–H groups in total. The van der Waals surface area contributed by atoms with Crippen LogP contribution in [0.2, 0.25) is 0 Å². The van der Waals surface area contributed by atoms with Crippen molar-refractivity contribution in [2.24, 2.45) is 5.92 Å². The Bertz CT molecular complexity index is 1160. The molecule has 184 valence electrons. The molecule has 6 nitrogen and oxygen atoms in total. The number of rotatable bonds is 11. The van der Waals surface area contributed by atoms with Gasteiger partial charge in [0.25, 0.3) is 5.91 Å². The quantitative estimate of drug-likeness (QED) is 0.384. The second-order valence-corrected chi connectivity index (χ2v) is 9.06. The van der Waals surface area contributed by atoms with Crippen LogP contribution in [0.1, 0.15) is 47.7 Å². The van der Waals surface area contributed by atoms with Crippen LogP contribution in [-0.4, -0.2) is 40.9 Å². The number of aromatic nitrogens is 1. The molecule has 0 aliphatic heterocycles. The number of aryl methyl sites for hydroxylation is 1. The zero-order valence-corrected chi connectivity index (χ0v) is 20.1. The highest BCUT2D eigenvalue weighted by Gasteiger charge is 2.26. The number of pyridine rings is 1. The first-order valence-electron chi connectivity index (χ1n) is 11.9. The highest BCUT2D eigenvalue weighted by atomic mass is 19.1. The summed E-state index contributed by atoms with van der Waals surface area (Å²) in [6, 6.07) is 14.3. The molecule has 1 aliphatic carbocycles. The van der Waals surface area contributed by atoms with E-state index in [1.165, 1.54) is 24.4 Å². The normalized spacial score (nSPS) is 13.9. The van der Waals surface area contributed by atoms with Crippen LogP contribution in [0.3, 0.4) is 0 Å². The second kappa shape index (κ2) is 11.4. The topological polar surface area (TPSA) is 71.9 Å². The fourth-order valence-electron chi connectivity index (χ4n) is 3.86. The first-order valence-corrected chi connectivity index (χ1v) is 11.9. The maximum Gasteiger partial charge on any atom is 0.279 e. The maximum atomic E-state index is 14.2. The molecule has 1 amide bonds. The molecule has 1 fully saturated rings. The van der Waals surface area contributed by atoms with E-state index in [9.17, 15) is 14.3 Å². The molecule has 1 saturated carbocycles. The molecular formula is C28H31FN2O4. The zero-order valence-electron chi connectivity index (χ0n) is 20.1. The third-order valence-electron chi connectivity index (χ3n) is 6.08. The first-order chi connectivity index (χ1) is 16.9. The number of ether oxygens (including phenoxy) is 1. The Balaban J connectivity index is 1.58. The number of benzene rings is 2. The van der Waals surface area contributed by atoms with E-state index >= 15 is 0 Å². The molecule has 35 heavy (non-hydrogen) atoms. The van der Waals surface area contributed by atoms with Gasteiger partial charge in [0.1, 0.15) is 0 Å². The Morgan fingerprint density at radius 3 is 2.71 bits per heavy atom. The summed E-state index contributed by atoms with van der Waals surface area (Å²) in [6.07, 6.45) is 6.38. The van der Waals surface area contributed by atoms with Gasteiger partial charge in [-0.25, -0.2) is 9.45 Å². The van der Waals surface area contributed by atoms with Gasteiger partial charge in [-0.05, 0) is 73.4 Å². The van der Waals surface area contributed by atoms with E-state index in [1.807, 2.05) is 24.3 Å². The molecule has 4 rings (SSSR count). The smallest absolute Gasteiger partial charge is 0.279 e. The van der Waals surface area contributed by atoms with Gasteiger partial charge >= 0.3 is 0 Å². The van der Waals surface area contributed by atoms with Crippen LogP contribution in [0.4, 0.5) is 4.39 Å². The van der Waals surface area contributed by atoms with Crippen molar-refractivity contribution in [3.05, 3.63) is 83.4 Å². The van der Waals surface area contributed by atoms with Crippen molar-refractivity contribution >= 4 is 5.91 Å². The summed E-state index contributed by atoms with van der Waals surface area (Å²) < 4.78 is 19.2. The van der Waals surface area contributed by atoms with Crippen molar-refractivity contribution in [1.29, 1.82) is 0 Å². The number of halogens is 1. The van der Waals surface area contributed by atoms with Crippen molar-refractivity contribution in [2.45, 2.75) is 45.3 Å². The van der Waals surface area contributed by atoms with E-state index < -0.39 is 11.9 Å². The predicted molar refractivity (Wildman–Crippen MR) is 131 cm³/mol. The summed E-state index contributed by atoms with van der Waals surface area (Å²) in [5.41, 5.74) is 3.85. The van der Waals surface area contributed by atoms with Gasteiger partial charge < -0.3 is 9.84 Å². The number of carbonyl (C=O) groups is 1. The van der Waals surface area contributed by atoms with Gasteiger partial charge in [-0.1, -0.05) is 30.3 Å². The number of aliphatic hydroxyl groups excluding tert-OH is 1. The second-order valence-electron chi connectivity index (χ2n) is 9.06. The number of hydrogen-bond donors (Lipinski definition) is 1. The highest BCUT2D eigenvalue weighted by molar-refractivity contribution is 5.94. The lowest BCUT2D eigenvalue weighted by atomic mass is 9.96. The van der Waals surface area contributed by atoms with Crippen molar-refractivity contribution in [1.82, 2.24) is 10.0 Å². The van der Waals surface area contributed by atoms with E-state index in [2.05, 4.69) is 4.98 Å². The molecule has 3 aromatic rings. The minimum atomic E-state index is -0.489. The van der Waals surface area contributed by atoms with E-state index in [4.69, 9.17) is 9.57 Å². The van der Waals surface area contributed by atoms with Crippen LogP contribution < -0.4 is 4.74 Å². The molecule has 1 heterocycles. The van der Waals surface area contributed by atoms with Crippen molar-refractivity contribution < 1.29 is 23.9 Å². The Labute approximate surface area is 205 Å². The van der Waals surface area contributed by atoms with Crippen LogP contribution in [0.15, 0.2) is 60.9 Å². The fourth-order valence-corrected chi connectivity index (χ4v) is 3.86. The summed E-state index contributed by atoms with van der Waals surface area (Å²) in [5, 5.41) is 11.0. The van der Waals surface area contributed by atoms with Crippen molar-refractivity contribution in [2.75, 3.05) is 13.7 Å².